The number of thiocarbonyl (C=S) groups is 1. The molecule has 1 aromatic carbocycles. The van der Waals surface area contributed by atoms with Crippen LogP contribution in [0.1, 0.15) is 23.0 Å². The molecule has 3 rings (SSSR count). The van der Waals surface area contributed by atoms with E-state index in [4.69, 9.17) is 16.6 Å². The number of nitrogens with zero attached hydrogens (tertiary/aromatic N) is 1. The van der Waals surface area contributed by atoms with Crippen molar-refractivity contribution in [1.82, 2.24) is 0 Å². The van der Waals surface area contributed by atoms with Gasteiger partial charge in [-0.1, -0.05) is 24.0 Å². The van der Waals surface area contributed by atoms with Crippen molar-refractivity contribution in [1.29, 1.82) is 0 Å². The molecule has 0 spiro atoms. The molecule has 23 heavy (non-hydrogen) atoms. The Labute approximate surface area is 150 Å². The summed E-state index contributed by atoms with van der Waals surface area (Å²) >= 11 is 9.74. The number of amides is 1. The van der Waals surface area contributed by atoms with E-state index in [1.165, 1.54) is 23.6 Å². The van der Waals surface area contributed by atoms with Crippen LogP contribution in [-0.4, -0.2) is 16.0 Å². The molecule has 7 heteroatoms. The average molecular weight is 408 g/mol. The van der Waals surface area contributed by atoms with Crippen LogP contribution in [0.3, 0.4) is 0 Å². The summed E-state index contributed by atoms with van der Waals surface area (Å²) in [4.78, 5) is 25.9. The van der Waals surface area contributed by atoms with E-state index in [1.54, 1.807) is 42.5 Å². The molecule has 0 N–H and O–H groups in total. The first kappa shape index (κ1) is 16.2. The van der Waals surface area contributed by atoms with Crippen molar-refractivity contribution in [2.24, 2.45) is 0 Å². The number of carbonyl (C=O) groups is 2. The van der Waals surface area contributed by atoms with Gasteiger partial charge in [0.2, 0.25) is 0 Å². The van der Waals surface area contributed by atoms with Crippen molar-refractivity contribution in [2.45, 2.75) is 6.92 Å². The Bertz CT molecular complexity index is 839. The van der Waals surface area contributed by atoms with Crippen LogP contribution in [0.4, 0.5) is 5.69 Å². The summed E-state index contributed by atoms with van der Waals surface area (Å²) in [6.45, 7) is 1.50. The second-order valence-corrected chi connectivity index (χ2v) is 7.22. The summed E-state index contributed by atoms with van der Waals surface area (Å²) in [6.07, 6.45) is 1.66. The Balaban J connectivity index is 1.89. The van der Waals surface area contributed by atoms with Crippen molar-refractivity contribution in [3.63, 3.8) is 0 Å². The van der Waals surface area contributed by atoms with Gasteiger partial charge in [-0.25, -0.2) is 0 Å². The maximum Gasteiger partial charge on any atom is 0.270 e. The smallest absolute Gasteiger partial charge is 0.270 e. The number of furan rings is 1. The van der Waals surface area contributed by atoms with E-state index in [0.717, 1.165) is 0 Å². The number of ketones is 1. The fourth-order valence-corrected chi connectivity index (χ4v) is 3.67. The van der Waals surface area contributed by atoms with E-state index in [1.807, 2.05) is 0 Å². The number of anilines is 1. The monoisotopic (exact) mass is 407 g/mol. The molecule has 1 fully saturated rings. The van der Waals surface area contributed by atoms with E-state index in [0.29, 0.717) is 30.9 Å². The number of hydrogen-bond acceptors (Lipinski definition) is 5. The largest absolute Gasteiger partial charge is 0.450 e. The van der Waals surface area contributed by atoms with Gasteiger partial charge < -0.3 is 4.42 Å². The second kappa shape index (κ2) is 6.43. The number of thioether (sulfide) groups is 1. The number of halogens is 1. The molecule has 1 aliphatic rings. The Morgan fingerprint density at radius 3 is 2.52 bits per heavy atom. The summed E-state index contributed by atoms with van der Waals surface area (Å²) in [7, 11) is 0. The third kappa shape index (κ3) is 3.31. The van der Waals surface area contributed by atoms with Crippen LogP contribution < -0.4 is 4.90 Å². The fourth-order valence-electron chi connectivity index (χ4n) is 2.07. The molecule has 0 saturated carbocycles. The highest BCUT2D eigenvalue weighted by atomic mass is 79.9. The minimum absolute atomic E-state index is 0.0229. The molecule has 1 aromatic heterocycles. The van der Waals surface area contributed by atoms with Crippen LogP contribution >= 0.6 is 39.9 Å². The quantitative estimate of drug-likeness (QED) is 0.421. The Morgan fingerprint density at radius 1 is 1.26 bits per heavy atom. The lowest BCUT2D eigenvalue weighted by molar-refractivity contribution is -0.113. The maximum absolute atomic E-state index is 12.6. The van der Waals surface area contributed by atoms with Gasteiger partial charge in [-0.15, -0.1) is 0 Å². The first-order chi connectivity index (χ1) is 11.0. The fraction of sp³-hybridized carbons (Fsp3) is 0.0625. The van der Waals surface area contributed by atoms with Crippen LogP contribution in [0.2, 0.25) is 0 Å². The van der Waals surface area contributed by atoms with E-state index >= 15 is 0 Å². The van der Waals surface area contributed by atoms with Crippen molar-refractivity contribution in [2.75, 3.05) is 4.90 Å². The highest BCUT2D eigenvalue weighted by molar-refractivity contribution is 9.10. The molecule has 0 bridgehead atoms. The molecule has 4 nitrogen and oxygen atoms in total. The second-order valence-electron chi connectivity index (χ2n) is 4.76. The number of benzene rings is 1. The molecule has 2 heterocycles. The van der Waals surface area contributed by atoms with Crippen LogP contribution in [0.15, 0.2) is 50.4 Å². The molecule has 0 radical (unpaired) electrons. The summed E-state index contributed by atoms with van der Waals surface area (Å²) in [5.41, 5.74) is 1.23. The summed E-state index contributed by atoms with van der Waals surface area (Å²) < 4.78 is 6.43. The van der Waals surface area contributed by atoms with Crippen LogP contribution in [0.5, 0.6) is 0 Å². The first-order valence-electron chi connectivity index (χ1n) is 6.60. The minimum Gasteiger partial charge on any atom is -0.450 e. The number of carbonyl (C=O) groups excluding carboxylic acids is 2. The van der Waals surface area contributed by atoms with E-state index in [-0.39, 0.29) is 11.7 Å². The summed E-state index contributed by atoms with van der Waals surface area (Å²) in [5, 5.41) is 0. The van der Waals surface area contributed by atoms with E-state index in [2.05, 4.69) is 15.9 Å². The van der Waals surface area contributed by atoms with E-state index < -0.39 is 0 Å². The topological polar surface area (TPSA) is 50.5 Å². The number of hydrogen-bond donors (Lipinski definition) is 0. The number of Topliss-reactive ketones (excluding diaryl/α,β-unsaturated/α-hetero) is 1. The van der Waals surface area contributed by atoms with Gasteiger partial charge in [0.25, 0.3) is 5.91 Å². The molecule has 1 amide bonds. The lowest BCUT2D eigenvalue weighted by Crippen LogP contribution is -2.27. The van der Waals surface area contributed by atoms with Crippen molar-refractivity contribution in [3.05, 3.63) is 57.3 Å². The summed E-state index contributed by atoms with van der Waals surface area (Å²) in [5.74, 6) is 0.345. The highest BCUT2D eigenvalue weighted by Crippen LogP contribution is 2.36. The zero-order valence-corrected chi connectivity index (χ0v) is 15.1. The zero-order valence-electron chi connectivity index (χ0n) is 11.9. The molecule has 1 saturated heterocycles. The molecular weight excluding hydrogens is 398 g/mol. The highest BCUT2D eigenvalue weighted by Gasteiger charge is 2.33. The van der Waals surface area contributed by atoms with Crippen molar-refractivity contribution in [3.8, 4) is 0 Å². The van der Waals surface area contributed by atoms with Gasteiger partial charge in [0, 0.05) is 11.6 Å². The van der Waals surface area contributed by atoms with Gasteiger partial charge in [-0.2, -0.15) is 0 Å². The number of rotatable bonds is 3. The predicted molar refractivity (Wildman–Crippen MR) is 98.5 cm³/mol. The van der Waals surface area contributed by atoms with Gasteiger partial charge in [-0.05, 0) is 59.3 Å². The third-order valence-corrected chi connectivity index (χ3v) is 4.92. The summed E-state index contributed by atoms with van der Waals surface area (Å²) in [6, 6.07) is 10.3. The maximum atomic E-state index is 12.6. The van der Waals surface area contributed by atoms with Gasteiger partial charge in [0.05, 0.1) is 10.6 Å². The van der Waals surface area contributed by atoms with Crippen LogP contribution in [0, 0.1) is 0 Å². The normalized spacial score (nSPS) is 16.4. The molecule has 0 aliphatic carbocycles. The molecule has 0 unspecified atom stereocenters. The molecular formula is C16H10BrNO3S2. The van der Waals surface area contributed by atoms with Gasteiger partial charge in [-0.3, -0.25) is 14.5 Å². The van der Waals surface area contributed by atoms with E-state index in [9.17, 15) is 9.59 Å². The predicted octanol–water partition coefficient (Wildman–Crippen LogP) is 4.65. The lowest BCUT2D eigenvalue weighted by atomic mass is 10.1. The minimum atomic E-state index is -0.205. The Kier molecular flexibility index (Phi) is 4.52. The molecule has 0 atom stereocenters. The average Bonchev–Trinajstić information content (AvgIpc) is 3.03. The zero-order chi connectivity index (χ0) is 16.6. The van der Waals surface area contributed by atoms with Gasteiger partial charge >= 0.3 is 0 Å². The molecule has 116 valence electrons. The lowest BCUT2D eigenvalue weighted by Gasteiger charge is -2.14. The van der Waals surface area contributed by atoms with Gasteiger partial charge in [0.1, 0.15) is 5.76 Å². The van der Waals surface area contributed by atoms with Gasteiger partial charge in [0.15, 0.2) is 14.8 Å². The van der Waals surface area contributed by atoms with Crippen LogP contribution in [0.25, 0.3) is 6.08 Å². The SMILES string of the molecule is CC(=O)c1ccc(N2C(=O)/C(=C\c3ccc(Br)o3)SC2=S)cc1. The van der Waals surface area contributed by atoms with Crippen molar-refractivity contribution < 1.29 is 14.0 Å². The third-order valence-electron chi connectivity index (χ3n) is 3.19. The standard InChI is InChI=1S/C16H10BrNO3S2/c1-9(19)10-2-4-11(5-3-10)18-15(20)13(23-16(18)22)8-12-6-7-14(17)21-12/h2-8H,1H3/b13-8+. The van der Waals surface area contributed by atoms with Crippen molar-refractivity contribution >= 4 is 67.7 Å². The molecule has 2 aromatic rings. The Hall–Kier alpha value is -1.70. The first-order valence-corrected chi connectivity index (χ1v) is 8.62. The molecule has 1 aliphatic heterocycles. The van der Waals surface area contributed by atoms with Crippen LogP contribution in [-0.2, 0) is 4.79 Å². The Morgan fingerprint density at radius 2 is 1.96 bits per heavy atom.